The quantitative estimate of drug-likeness (QED) is 0.383. The molecule has 2 fully saturated rings. The monoisotopic (exact) mass is 541 g/mol. The van der Waals surface area contributed by atoms with Gasteiger partial charge in [0.15, 0.2) is 0 Å². The fourth-order valence-electron chi connectivity index (χ4n) is 4.81. The summed E-state index contributed by atoms with van der Waals surface area (Å²) in [5.74, 6) is -2.08. The van der Waals surface area contributed by atoms with Crippen LogP contribution in [0.15, 0.2) is 12.2 Å². The molecule has 37 heavy (non-hydrogen) atoms. The zero-order valence-corrected chi connectivity index (χ0v) is 22.8. The first-order valence-corrected chi connectivity index (χ1v) is 14.3. The third-order valence-electron chi connectivity index (χ3n) is 6.82. The van der Waals surface area contributed by atoms with Gasteiger partial charge in [-0.1, -0.05) is 25.0 Å². The Kier molecular flexibility index (Phi) is 8.89. The smallest absolute Gasteiger partial charge is 0.408 e. The normalized spacial score (nSPS) is 30.1. The number of amides is 4. The molecular formula is C24H39N5O7S. The van der Waals surface area contributed by atoms with Gasteiger partial charge in [0.05, 0.1) is 0 Å². The highest BCUT2D eigenvalue weighted by molar-refractivity contribution is 7.88. The Hall–Kier alpha value is -2.67. The van der Waals surface area contributed by atoms with Gasteiger partial charge in [0.1, 0.15) is 23.2 Å². The van der Waals surface area contributed by atoms with Crippen molar-refractivity contribution in [2.24, 2.45) is 5.92 Å². The number of nitrogens with one attached hydrogen (secondary N) is 4. The lowest BCUT2D eigenvalue weighted by Gasteiger charge is -2.30. The molecule has 2 heterocycles. The molecule has 0 aromatic carbocycles. The number of carbonyl (C=O) groups is 4. The van der Waals surface area contributed by atoms with E-state index in [2.05, 4.69) is 10.6 Å². The van der Waals surface area contributed by atoms with Crippen molar-refractivity contribution in [1.29, 1.82) is 0 Å². The summed E-state index contributed by atoms with van der Waals surface area (Å²) in [6, 6.07) is -1.69. The molecule has 4 atom stereocenters. The number of carbonyl (C=O) groups excluding carboxylic acids is 4. The van der Waals surface area contributed by atoms with Gasteiger partial charge in [-0.3, -0.25) is 14.4 Å². The van der Waals surface area contributed by atoms with Crippen LogP contribution in [0.1, 0.15) is 72.1 Å². The molecule has 0 bridgehead atoms. The molecular weight excluding hydrogens is 502 g/mol. The van der Waals surface area contributed by atoms with Gasteiger partial charge in [-0.2, -0.15) is 8.42 Å². The summed E-state index contributed by atoms with van der Waals surface area (Å²) < 4.78 is 33.3. The largest absolute Gasteiger partial charge is 0.444 e. The lowest BCUT2D eigenvalue weighted by molar-refractivity contribution is -0.141. The molecule has 1 aliphatic carbocycles. The number of alkyl carbamates (subject to hydrolysis) is 1. The molecule has 0 aromatic heterocycles. The maximum atomic E-state index is 13.5. The van der Waals surface area contributed by atoms with Crippen molar-refractivity contribution in [3.63, 3.8) is 0 Å². The van der Waals surface area contributed by atoms with E-state index in [1.165, 1.54) is 11.9 Å². The van der Waals surface area contributed by atoms with Gasteiger partial charge in [0, 0.05) is 19.5 Å². The van der Waals surface area contributed by atoms with Gasteiger partial charge in [-0.15, -0.1) is 0 Å². The summed E-state index contributed by atoms with van der Waals surface area (Å²) in [4.78, 5) is 53.8. The van der Waals surface area contributed by atoms with Crippen LogP contribution >= 0.6 is 0 Å². The van der Waals surface area contributed by atoms with Crippen molar-refractivity contribution in [2.45, 2.75) is 95.4 Å². The maximum absolute atomic E-state index is 13.5. The van der Waals surface area contributed by atoms with Crippen molar-refractivity contribution >= 4 is 34.0 Å². The second-order valence-corrected chi connectivity index (χ2v) is 12.5. The molecule has 2 aliphatic heterocycles. The van der Waals surface area contributed by atoms with Crippen LogP contribution in [0, 0.1) is 5.92 Å². The number of hydrogen-bond acceptors (Lipinski definition) is 7. The van der Waals surface area contributed by atoms with Crippen molar-refractivity contribution in [2.75, 3.05) is 13.6 Å². The predicted molar refractivity (Wildman–Crippen MR) is 135 cm³/mol. The van der Waals surface area contributed by atoms with Crippen molar-refractivity contribution in [3.05, 3.63) is 12.2 Å². The Balaban J connectivity index is 1.84. The first kappa shape index (κ1) is 28.9. The number of rotatable bonds is 4. The molecule has 0 spiro atoms. The van der Waals surface area contributed by atoms with Crippen LogP contribution in [0.25, 0.3) is 0 Å². The molecule has 0 radical (unpaired) electrons. The molecule has 208 valence electrons. The summed E-state index contributed by atoms with van der Waals surface area (Å²) in [6.45, 7) is 5.54. The summed E-state index contributed by atoms with van der Waals surface area (Å²) in [5, 5.41) is 5.45. The van der Waals surface area contributed by atoms with Gasteiger partial charge in [0.25, 0.3) is 5.91 Å². The predicted octanol–water partition coefficient (Wildman–Crippen LogP) is 0.846. The number of fused-ring (bicyclic) bond motifs is 2. The number of hydrogen-bond donors (Lipinski definition) is 4. The molecule has 1 saturated heterocycles. The summed E-state index contributed by atoms with van der Waals surface area (Å²) in [5.41, 5.74) is -2.14. The third kappa shape index (κ3) is 7.44. The zero-order chi connectivity index (χ0) is 27.4. The topological polar surface area (TPSA) is 163 Å². The molecule has 3 aliphatic rings. The average Bonchev–Trinajstić information content (AvgIpc) is 3.25. The first-order valence-electron chi connectivity index (χ1n) is 12.8. The fourth-order valence-corrected chi connectivity index (χ4v) is 5.34. The van der Waals surface area contributed by atoms with Crippen LogP contribution < -0.4 is 20.1 Å². The Bertz CT molecular complexity index is 1040. The van der Waals surface area contributed by atoms with E-state index in [-0.39, 0.29) is 18.2 Å². The Morgan fingerprint density at radius 3 is 2.54 bits per heavy atom. The standard InChI is InChI=1S/C24H39N5O7S/c1-23(2,3)36-22(33)26-17-12-9-7-5-6-8-11-16-15-24(16,21(32)28-37(34,35)25-4)27-19(30)18-13-10-14-29(18)20(17)31/h8,11,16-18,25H,5-7,9-10,12-15H2,1-4H3,(H,26,33)(H,27,30)(H,28,32)/b11-8-/t16-,17-,18-,24+/m0/s1. The second kappa shape index (κ2) is 11.4. The second-order valence-electron chi connectivity index (χ2n) is 10.9. The van der Waals surface area contributed by atoms with E-state index in [0.717, 1.165) is 19.3 Å². The number of allylic oxidation sites excluding steroid dienone is 1. The maximum Gasteiger partial charge on any atom is 0.408 e. The van der Waals surface area contributed by atoms with E-state index >= 15 is 0 Å². The highest BCUT2D eigenvalue weighted by Gasteiger charge is 2.61. The highest BCUT2D eigenvalue weighted by atomic mass is 32.2. The molecule has 13 heteroatoms. The van der Waals surface area contributed by atoms with Crippen molar-refractivity contribution in [1.82, 2.24) is 25.0 Å². The van der Waals surface area contributed by atoms with Gasteiger partial charge < -0.3 is 20.3 Å². The number of ether oxygens (including phenoxy) is 1. The van der Waals surface area contributed by atoms with Crippen LogP contribution in [0.2, 0.25) is 0 Å². The van der Waals surface area contributed by atoms with E-state index in [9.17, 15) is 27.6 Å². The van der Waals surface area contributed by atoms with Crippen molar-refractivity contribution in [3.8, 4) is 0 Å². The molecule has 0 unspecified atom stereocenters. The minimum Gasteiger partial charge on any atom is -0.444 e. The Labute approximate surface area is 218 Å². The summed E-state index contributed by atoms with van der Waals surface area (Å²) in [7, 11) is -2.89. The Morgan fingerprint density at radius 2 is 1.86 bits per heavy atom. The highest BCUT2D eigenvalue weighted by Crippen LogP contribution is 2.45. The van der Waals surface area contributed by atoms with E-state index in [4.69, 9.17) is 4.74 Å². The summed E-state index contributed by atoms with van der Waals surface area (Å²) >= 11 is 0. The lowest BCUT2D eigenvalue weighted by atomic mass is 10.0. The van der Waals surface area contributed by atoms with Crippen LogP contribution in [0.5, 0.6) is 0 Å². The van der Waals surface area contributed by atoms with Crippen LogP contribution in [-0.4, -0.2) is 73.9 Å². The molecule has 0 aromatic rings. The van der Waals surface area contributed by atoms with Crippen LogP contribution in [-0.2, 0) is 29.3 Å². The first-order chi connectivity index (χ1) is 17.3. The minimum atomic E-state index is -4.06. The molecule has 4 N–H and O–H groups in total. The van der Waals surface area contributed by atoms with Gasteiger partial charge in [-0.05, 0) is 59.3 Å². The summed E-state index contributed by atoms with van der Waals surface area (Å²) in [6.07, 6.45) is 7.79. The minimum absolute atomic E-state index is 0.254. The van der Waals surface area contributed by atoms with E-state index in [0.29, 0.717) is 32.2 Å². The average molecular weight is 542 g/mol. The van der Waals surface area contributed by atoms with E-state index < -0.39 is 51.3 Å². The lowest BCUT2D eigenvalue weighted by Crippen LogP contribution is -2.58. The molecule has 4 amide bonds. The Morgan fingerprint density at radius 1 is 1.14 bits per heavy atom. The van der Waals surface area contributed by atoms with Gasteiger partial charge in [0.2, 0.25) is 11.8 Å². The third-order valence-corrected chi connectivity index (χ3v) is 7.81. The van der Waals surface area contributed by atoms with E-state index in [1.54, 1.807) is 20.8 Å². The molecule has 3 rings (SSSR count). The van der Waals surface area contributed by atoms with Crippen LogP contribution in [0.3, 0.4) is 0 Å². The van der Waals surface area contributed by atoms with Gasteiger partial charge >= 0.3 is 16.3 Å². The molecule has 1 saturated carbocycles. The number of nitrogens with zero attached hydrogens (tertiary/aromatic N) is 1. The fraction of sp³-hybridized carbons (Fsp3) is 0.750. The van der Waals surface area contributed by atoms with Crippen LogP contribution in [0.4, 0.5) is 4.79 Å². The SMILES string of the molecule is CNS(=O)(=O)NC(=O)[C@@]12C[C@@H]1/C=C\CCCCC[C@H](NC(=O)OC(C)(C)C)C(=O)N1CCC[C@H]1C(=O)N2. The van der Waals surface area contributed by atoms with Gasteiger partial charge in [-0.25, -0.2) is 14.2 Å². The zero-order valence-electron chi connectivity index (χ0n) is 22.0. The van der Waals surface area contributed by atoms with E-state index in [1.807, 2.05) is 21.6 Å². The molecule has 12 nitrogen and oxygen atoms in total. The van der Waals surface area contributed by atoms with Crippen molar-refractivity contribution < 1.29 is 32.3 Å².